The highest BCUT2D eigenvalue weighted by Gasteiger charge is 2.08. The number of hydrogen-bond donors (Lipinski definition) is 1. The largest absolute Gasteiger partial charge is 0.381 e. The zero-order valence-electron chi connectivity index (χ0n) is 12.9. The smallest absolute Gasteiger partial charge is 0.0529 e. The molecule has 0 saturated heterocycles. The quantitative estimate of drug-likeness (QED) is 0.576. The molecule has 0 aliphatic heterocycles. The third-order valence-electron chi connectivity index (χ3n) is 3.59. The van der Waals surface area contributed by atoms with Crippen LogP contribution in [0.2, 0.25) is 0 Å². The maximum Gasteiger partial charge on any atom is 0.0529 e. The van der Waals surface area contributed by atoms with Gasteiger partial charge in [0.2, 0.25) is 0 Å². The molecule has 0 aromatic carbocycles. The lowest BCUT2D eigenvalue weighted by molar-refractivity contribution is 0.526. The van der Waals surface area contributed by atoms with Crippen molar-refractivity contribution in [2.45, 2.75) is 78.2 Å². The number of aromatic nitrogens is 1. The molecule has 19 heavy (non-hydrogen) atoms. The van der Waals surface area contributed by atoms with E-state index >= 15 is 0 Å². The Bertz CT molecular complexity index is 309. The van der Waals surface area contributed by atoms with Crippen molar-refractivity contribution in [3.63, 3.8) is 0 Å². The number of nitrogens with zero attached hydrogens (tertiary/aromatic N) is 1. The molecule has 0 bridgehead atoms. The maximum absolute atomic E-state index is 4.36. The van der Waals surface area contributed by atoms with Crippen molar-refractivity contribution in [3.8, 4) is 0 Å². The van der Waals surface area contributed by atoms with Crippen LogP contribution in [0.5, 0.6) is 0 Å². The molecule has 1 aromatic heterocycles. The Hall–Kier alpha value is -1.05. The Labute approximate surface area is 119 Å². The molecule has 1 heterocycles. The molecule has 1 rings (SSSR count). The van der Waals surface area contributed by atoms with Crippen LogP contribution < -0.4 is 5.32 Å². The lowest BCUT2D eigenvalue weighted by Gasteiger charge is -2.20. The van der Waals surface area contributed by atoms with Gasteiger partial charge in [0.15, 0.2) is 0 Å². The van der Waals surface area contributed by atoms with E-state index in [9.17, 15) is 0 Å². The van der Waals surface area contributed by atoms with Crippen molar-refractivity contribution in [3.05, 3.63) is 24.0 Å². The summed E-state index contributed by atoms with van der Waals surface area (Å²) in [6, 6.07) is 4.84. The summed E-state index contributed by atoms with van der Waals surface area (Å²) < 4.78 is 0. The molecular formula is C17H30N2. The number of rotatable bonds is 10. The highest BCUT2D eigenvalue weighted by Crippen LogP contribution is 2.16. The van der Waals surface area contributed by atoms with Crippen molar-refractivity contribution in [1.82, 2.24) is 4.98 Å². The molecule has 1 aromatic rings. The molecule has 0 unspecified atom stereocenters. The molecule has 0 atom stereocenters. The number of pyridine rings is 1. The van der Waals surface area contributed by atoms with E-state index in [0.29, 0.717) is 6.04 Å². The number of anilines is 1. The van der Waals surface area contributed by atoms with E-state index < -0.39 is 0 Å². The lowest BCUT2D eigenvalue weighted by Crippen LogP contribution is -2.19. The van der Waals surface area contributed by atoms with Crippen molar-refractivity contribution in [2.24, 2.45) is 0 Å². The van der Waals surface area contributed by atoms with Crippen molar-refractivity contribution in [2.75, 3.05) is 5.32 Å². The summed E-state index contributed by atoms with van der Waals surface area (Å²) in [5.41, 5.74) is 2.25. The second kappa shape index (κ2) is 9.82. The fourth-order valence-electron chi connectivity index (χ4n) is 2.36. The molecule has 0 radical (unpaired) electrons. The van der Waals surface area contributed by atoms with E-state index in [1.165, 1.54) is 57.1 Å². The summed E-state index contributed by atoms with van der Waals surface area (Å²) in [5, 5.41) is 3.66. The van der Waals surface area contributed by atoms with Crippen LogP contribution in [0.3, 0.4) is 0 Å². The molecule has 108 valence electrons. The SMILES string of the molecule is CCCCCC(CCCCC)Nc1ccc(C)nc1. The van der Waals surface area contributed by atoms with Gasteiger partial charge in [-0.2, -0.15) is 0 Å². The summed E-state index contributed by atoms with van der Waals surface area (Å²) >= 11 is 0. The summed E-state index contributed by atoms with van der Waals surface area (Å²) in [6.07, 6.45) is 12.5. The number of nitrogens with one attached hydrogen (secondary N) is 1. The van der Waals surface area contributed by atoms with E-state index in [4.69, 9.17) is 0 Å². The Kier molecular flexibility index (Phi) is 8.28. The first kappa shape index (κ1) is 16.0. The van der Waals surface area contributed by atoms with Gasteiger partial charge < -0.3 is 5.32 Å². The third-order valence-corrected chi connectivity index (χ3v) is 3.59. The van der Waals surface area contributed by atoms with Gasteiger partial charge in [-0.3, -0.25) is 4.98 Å². The zero-order chi connectivity index (χ0) is 13.9. The van der Waals surface area contributed by atoms with Crippen LogP contribution in [0.25, 0.3) is 0 Å². The van der Waals surface area contributed by atoms with Crippen LogP contribution in [0.15, 0.2) is 18.3 Å². The average molecular weight is 262 g/mol. The summed E-state index contributed by atoms with van der Waals surface area (Å²) in [6.45, 7) is 6.57. The van der Waals surface area contributed by atoms with E-state index in [-0.39, 0.29) is 0 Å². The number of hydrogen-bond acceptors (Lipinski definition) is 2. The highest BCUT2D eigenvalue weighted by molar-refractivity contribution is 5.41. The topological polar surface area (TPSA) is 24.9 Å². The van der Waals surface area contributed by atoms with Crippen LogP contribution in [-0.2, 0) is 0 Å². The van der Waals surface area contributed by atoms with Crippen LogP contribution in [0, 0.1) is 6.92 Å². The molecule has 2 heteroatoms. The van der Waals surface area contributed by atoms with Gasteiger partial charge in [0, 0.05) is 11.7 Å². The van der Waals surface area contributed by atoms with Crippen LogP contribution in [-0.4, -0.2) is 11.0 Å². The predicted molar refractivity (Wildman–Crippen MR) is 84.7 cm³/mol. The molecule has 0 spiro atoms. The Morgan fingerprint density at radius 1 is 1.00 bits per heavy atom. The molecule has 0 fully saturated rings. The number of unbranched alkanes of at least 4 members (excludes halogenated alkanes) is 4. The maximum atomic E-state index is 4.36. The van der Waals surface area contributed by atoms with Gasteiger partial charge in [-0.25, -0.2) is 0 Å². The zero-order valence-corrected chi connectivity index (χ0v) is 12.9. The van der Waals surface area contributed by atoms with E-state index in [0.717, 1.165) is 5.69 Å². The molecular weight excluding hydrogens is 232 g/mol. The number of aryl methyl sites for hydroxylation is 1. The van der Waals surface area contributed by atoms with Crippen LogP contribution in [0.1, 0.15) is 70.9 Å². The first-order valence-electron chi connectivity index (χ1n) is 7.95. The first-order valence-corrected chi connectivity index (χ1v) is 7.95. The highest BCUT2D eigenvalue weighted by atomic mass is 14.9. The van der Waals surface area contributed by atoms with Gasteiger partial charge in [0.25, 0.3) is 0 Å². The fourth-order valence-corrected chi connectivity index (χ4v) is 2.36. The van der Waals surface area contributed by atoms with Gasteiger partial charge in [-0.15, -0.1) is 0 Å². The van der Waals surface area contributed by atoms with Gasteiger partial charge in [0.05, 0.1) is 11.9 Å². The van der Waals surface area contributed by atoms with Gasteiger partial charge in [0.1, 0.15) is 0 Å². The monoisotopic (exact) mass is 262 g/mol. The Balaban J connectivity index is 2.44. The molecule has 1 N–H and O–H groups in total. The molecule has 0 aliphatic carbocycles. The van der Waals surface area contributed by atoms with E-state index in [1.54, 1.807) is 0 Å². The Morgan fingerprint density at radius 2 is 1.63 bits per heavy atom. The predicted octanol–water partition coefficient (Wildman–Crippen LogP) is 5.33. The van der Waals surface area contributed by atoms with Crippen LogP contribution >= 0.6 is 0 Å². The fraction of sp³-hybridized carbons (Fsp3) is 0.706. The summed E-state index contributed by atoms with van der Waals surface area (Å²) in [4.78, 5) is 4.36. The molecule has 0 saturated carbocycles. The minimum Gasteiger partial charge on any atom is -0.381 e. The van der Waals surface area contributed by atoms with Crippen LogP contribution in [0.4, 0.5) is 5.69 Å². The van der Waals surface area contributed by atoms with E-state index in [2.05, 4.69) is 36.3 Å². The molecule has 0 aliphatic rings. The lowest BCUT2D eigenvalue weighted by atomic mass is 10.0. The second-order valence-electron chi connectivity index (χ2n) is 5.52. The first-order chi connectivity index (χ1) is 9.26. The minimum absolute atomic E-state index is 0.614. The summed E-state index contributed by atoms with van der Waals surface area (Å²) in [5.74, 6) is 0. The van der Waals surface area contributed by atoms with Gasteiger partial charge in [-0.1, -0.05) is 52.4 Å². The van der Waals surface area contributed by atoms with Gasteiger partial charge in [-0.05, 0) is 31.9 Å². The minimum atomic E-state index is 0.614. The van der Waals surface area contributed by atoms with E-state index in [1.807, 2.05) is 13.1 Å². The summed E-state index contributed by atoms with van der Waals surface area (Å²) in [7, 11) is 0. The van der Waals surface area contributed by atoms with Crippen molar-refractivity contribution >= 4 is 5.69 Å². The standard InChI is InChI=1S/C17H30N2/c1-4-6-8-10-16(11-9-7-5-2)19-17-13-12-15(3)18-14-17/h12-14,16,19H,4-11H2,1-3H3. The molecule has 0 amide bonds. The second-order valence-corrected chi connectivity index (χ2v) is 5.52. The third kappa shape index (κ3) is 7.19. The Morgan fingerprint density at radius 3 is 2.11 bits per heavy atom. The van der Waals surface area contributed by atoms with Crippen molar-refractivity contribution < 1.29 is 0 Å². The normalized spacial score (nSPS) is 10.9. The van der Waals surface area contributed by atoms with Gasteiger partial charge >= 0.3 is 0 Å². The molecule has 2 nitrogen and oxygen atoms in total. The van der Waals surface area contributed by atoms with Crippen molar-refractivity contribution in [1.29, 1.82) is 0 Å². The average Bonchev–Trinajstić information content (AvgIpc) is 2.41.